The summed E-state index contributed by atoms with van der Waals surface area (Å²) in [5.41, 5.74) is 1.67. The van der Waals surface area contributed by atoms with Crippen molar-refractivity contribution in [1.82, 2.24) is 14.7 Å². The highest BCUT2D eigenvalue weighted by molar-refractivity contribution is 5.68. The van der Waals surface area contributed by atoms with Gasteiger partial charge in [0.05, 0.1) is 23.5 Å². The van der Waals surface area contributed by atoms with E-state index in [1.807, 2.05) is 25.4 Å². The van der Waals surface area contributed by atoms with E-state index in [1.165, 1.54) is 0 Å². The Labute approximate surface area is 181 Å². The van der Waals surface area contributed by atoms with Crippen molar-refractivity contribution in [1.29, 1.82) is 0 Å². The Balaban J connectivity index is 1.41. The minimum absolute atomic E-state index is 0.0784. The van der Waals surface area contributed by atoms with Gasteiger partial charge >= 0.3 is 6.09 Å². The summed E-state index contributed by atoms with van der Waals surface area (Å²) in [6.45, 7) is 1.35. The van der Waals surface area contributed by atoms with E-state index < -0.39 is 17.7 Å². The second-order valence-electron chi connectivity index (χ2n) is 9.40. The van der Waals surface area contributed by atoms with Crippen LogP contribution in [0, 0.1) is 11.7 Å². The number of carbonyl (C=O) groups is 1. The van der Waals surface area contributed by atoms with Crippen LogP contribution in [0.5, 0.6) is 0 Å². The first-order valence-corrected chi connectivity index (χ1v) is 11.1. The van der Waals surface area contributed by atoms with Crippen LogP contribution in [0.25, 0.3) is 11.1 Å². The maximum absolute atomic E-state index is 15.1. The molecule has 31 heavy (non-hydrogen) atoms. The summed E-state index contributed by atoms with van der Waals surface area (Å²) in [6.07, 6.45) is 6.58. The largest absolute Gasteiger partial charge is 0.465 e. The van der Waals surface area contributed by atoms with Crippen molar-refractivity contribution in [2.75, 3.05) is 18.0 Å². The molecule has 2 aromatic rings. The molecule has 166 valence electrons. The van der Waals surface area contributed by atoms with E-state index in [1.54, 1.807) is 21.8 Å². The van der Waals surface area contributed by atoms with Crippen molar-refractivity contribution in [3.05, 3.63) is 36.4 Å². The molecule has 3 fully saturated rings. The molecule has 4 heterocycles. The van der Waals surface area contributed by atoms with E-state index in [0.717, 1.165) is 43.4 Å². The minimum atomic E-state index is -0.890. The summed E-state index contributed by atoms with van der Waals surface area (Å²) in [5, 5.41) is 24.5. The lowest BCUT2D eigenvalue weighted by atomic mass is 9.72. The Morgan fingerprint density at radius 2 is 2.13 bits per heavy atom. The number of hydrogen-bond acceptors (Lipinski definition) is 4. The Morgan fingerprint density at radius 1 is 1.29 bits per heavy atom. The zero-order valence-electron chi connectivity index (χ0n) is 17.7. The summed E-state index contributed by atoms with van der Waals surface area (Å²) < 4.78 is 16.8. The van der Waals surface area contributed by atoms with Crippen LogP contribution in [-0.2, 0) is 7.05 Å². The summed E-state index contributed by atoms with van der Waals surface area (Å²) in [7, 11) is 1.83. The Hall–Kier alpha value is -2.61. The second kappa shape index (κ2) is 7.51. The number of aromatic nitrogens is 2. The van der Waals surface area contributed by atoms with E-state index in [-0.39, 0.29) is 17.8 Å². The number of fused-ring (bicyclic) bond motifs is 2. The molecule has 0 radical (unpaired) electrons. The number of rotatable bonds is 3. The molecule has 1 aromatic heterocycles. The van der Waals surface area contributed by atoms with Crippen molar-refractivity contribution in [3.8, 4) is 11.1 Å². The van der Waals surface area contributed by atoms with Gasteiger partial charge in [-0.15, -0.1) is 0 Å². The molecule has 5 rings (SSSR count). The first-order chi connectivity index (χ1) is 14.9. The predicted molar refractivity (Wildman–Crippen MR) is 114 cm³/mol. The van der Waals surface area contributed by atoms with E-state index in [2.05, 4.69) is 10.00 Å². The second-order valence-corrected chi connectivity index (χ2v) is 9.40. The van der Waals surface area contributed by atoms with Gasteiger partial charge in [0.25, 0.3) is 0 Å². The van der Waals surface area contributed by atoms with Crippen molar-refractivity contribution < 1.29 is 19.4 Å². The molecular weight excluding hydrogens is 399 g/mol. The van der Waals surface area contributed by atoms with Gasteiger partial charge in [-0.25, -0.2) is 9.18 Å². The molecular formula is C23H29FN4O3. The fourth-order valence-corrected chi connectivity index (χ4v) is 6.32. The van der Waals surface area contributed by atoms with Crippen LogP contribution in [-0.4, -0.2) is 61.8 Å². The molecule has 2 bridgehead atoms. The Bertz CT molecular complexity index is 995. The van der Waals surface area contributed by atoms with Gasteiger partial charge in [0.1, 0.15) is 5.82 Å². The van der Waals surface area contributed by atoms with Crippen molar-refractivity contribution in [2.45, 2.75) is 56.2 Å². The number of halogens is 1. The highest BCUT2D eigenvalue weighted by Crippen LogP contribution is 2.51. The zero-order chi connectivity index (χ0) is 21.8. The van der Waals surface area contributed by atoms with Crippen LogP contribution in [0.1, 0.15) is 38.5 Å². The molecule has 8 heteroatoms. The summed E-state index contributed by atoms with van der Waals surface area (Å²) in [4.78, 5) is 15.8. The molecule has 2 N–H and O–H groups in total. The molecule has 4 atom stereocenters. The van der Waals surface area contributed by atoms with E-state index in [4.69, 9.17) is 0 Å². The van der Waals surface area contributed by atoms with Gasteiger partial charge in [0, 0.05) is 43.9 Å². The van der Waals surface area contributed by atoms with Gasteiger partial charge in [0.15, 0.2) is 0 Å². The summed E-state index contributed by atoms with van der Waals surface area (Å²) in [5.74, 6) is -0.197. The van der Waals surface area contributed by atoms with Crippen molar-refractivity contribution in [2.24, 2.45) is 13.0 Å². The molecule has 7 nitrogen and oxygen atoms in total. The van der Waals surface area contributed by atoms with Gasteiger partial charge < -0.3 is 15.1 Å². The lowest BCUT2D eigenvalue weighted by Crippen LogP contribution is -2.62. The first-order valence-electron chi connectivity index (χ1n) is 11.1. The standard InChI is InChI=1S/C23H29FN4O3/c1-26-13-16(12-25-26)15-4-5-21(20(24)9-15)27-8-2-3-17(14-27)23-7-6-18(10-19(29)11-23)28(23)22(30)31/h4-5,9,12-13,17-19,29H,2-3,6-8,10-11,14H2,1H3,(H,30,31). The van der Waals surface area contributed by atoms with Gasteiger partial charge in [-0.1, -0.05) is 6.07 Å². The number of hydrogen-bond donors (Lipinski definition) is 2. The van der Waals surface area contributed by atoms with Crippen LogP contribution < -0.4 is 4.90 Å². The molecule has 1 aromatic carbocycles. The van der Waals surface area contributed by atoms with E-state index in [9.17, 15) is 15.0 Å². The average Bonchev–Trinajstić information content (AvgIpc) is 3.28. The monoisotopic (exact) mass is 428 g/mol. The molecule has 3 aliphatic heterocycles. The number of amides is 1. The predicted octanol–water partition coefficient (Wildman–Crippen LogP) is 3.48. The van der Waals surface area contributed by atoms with E-state index >= 15 is 4.39 Å². The Morgan fingerprint density at radius 3 is 2.84 bits per heavy atom. The SMILES string of the molecule is Cn1cc(-c2ccc(N3CCCC(C45CCC(CC(O)C4)N5C(=O)O)C3)c(F)c2)cn1. The third-order valence-corrected chi connectivity index (χ3v) is 7.60. The molecule has 0 spiro atoms. The van der Waals surface area contributed by atoms with E-state index in [0.29, 0.717) is 25.1 Å². The summed E-state index contributed by atoms with van der Waals surface area (Å²) in [6, 6.07) is 5.18. The fourth-order valence-electron chi connectivity index (χ4n) is 6.32. The fraction of sp³-hybridized carbons (Fsp3) is 0.565. The number of piperidine rings is 2. The summed E-state index contributed by atoms with van der Waals surface area (Å²) >= 11 is 0. The lowest BCUT2D eigenvalue weighted by Gasteiger charge is -2.52. The van der Waals surface area contributed by atoms with Crippen molar-refractivity contribution >= 4 is 11.8 Å². The van der Waals surface area contributed by atoms with Gasteiger partial charge in [-0.2, -0.15) is 5.10 Å². The molecule has 4 unspecified atom stereocenters. The highest BCUT2D eigenvalue weighted by Gasteiger charge is 2.57. The molecule has 0 saturated carbocycles. The van der Waals surface area contributed by atoms with Crippen LogP contribution in [0.4, 0.5) is 14.9 Å². The number of benzene rings is 1. The minimum Gasteiger partial charge on any atom is -0.465 e. The highest BCUT2D eigenvalue weighted by atomic mass is 19.1. The number of anilines is 1. The smallest absolute Gasteiger partial charge is 0.408 e. The molecule has 1 amide bonds. The average molecular weight is 429 g/mol. The maximum atomic E-state index is 15.1. The Kier molecular flexibility index (Phi) is 4.92. The normalized spacial score (nSPS) is 30.6. The van der Waals surface area contributed by atoms with Crippen LogP contribution >= 0.6 is 0 Å². The first kappa shape index (κ1) is 20.3. The van der Waals surface area contributed by atoms with Crippen LogP contribution in [0.2, 0.25) is 0 Å². The van der Waals surface area contributed by atoms with Crippen LogP contribution in [0.3, 0.4) is 0 Å². The maximum Gasteiger partial charge on any atom is 0.408 e. The zero-order valence-corrected chi connectivity index (χ0v) is 17.7. The molecule has 3 aliphatic rings. The third kappa shape index (κ3) is 3.37. The quantitative estimate of drug-likeness (QED) is 0.782. The van der Waals surface area contributed by atoms with Crippen molar-refractivity contribution in [3.63, 3.8) is 0 Å². The van der Waals surface area contributed by atoms with Crippen LogP contribution in [0.15, 0.2) is 30.6 Å². The third-order valence-electron chi connectivity index (χ3n) is 7.60. The number of aryl methyl sites for hydroxylation is 1. The molecule has 0 aliphatic carbocycles. The number of aliphatic hydroxyl groups excluding tert-OH is 1. The van der Waals surface area contributed by atoms with Gasteiger partial charge in [0.2, 0.25) is 0 Å². The number of nitrogens with zero attached hydrogens (tertiary/aromatic N) is 4. The number of aliphatic hydroxyl groups is 1. The lowest BCUT2D eigenvalue weighted by molar-refractivity contribution is -0.0390. The van der Waals surface area contributed by atoms with Gasteiger partial charge in [-0.05, 0) is 56.2 Å². The van der Waals surface area contributed by atoms with Gasteiger partial charge in [-0.3, -0.25) is 9.58 Å². The topological polar surface area (TPSA) is 81.8 Å². The number of carboxylic acid groups (broad SMARTS) is 1. The molecule has 3 saturated heterocycles.